The van der Waals surface area contributed by atoms with E-state index in [1.165, 1.54) is 11.3 Å². The maximum atomic E-state index is 12.4. The number of nitrogens with one attached hydrogen (secondary N) is 1. The molecule has 3 N–H and O–H groups in total. The van der Waals surface area contributed by atoms with Crippen molar-refractivity contribution in [2.75, 3.05) is 27.2 Å². The van der Waals surface area contributed by atoms with Gasteiger partial charge in [-0.05, 0) is 26.2 Å². The van der Waals surface area contributed by atoms with Gasteiger partial charge in [-0.1, -0.05) is 30.3 Å². The topological polar surface area (TPSA) is 71.2 Å². The van der Waals surface area contributed by atoms with Crippen LogP contribution in [0, 0.1) is 0 Å². The first-order chi connectivity index (χ1) is 10.6. The number of rotatable bonds is 7. The van der Waals surface area contributed by atoms with Gasteiger partial charge in [-0.3, -0.25) is 4.79 Å². The van der Waals surface area contributed by atoms with Gasteiger partial charge in [0.25, 0.3) is 5.91 Å². The number of likely N-dealkylation sites (N-methyl/N-ethyl adjacent to an activating group) is 1. The molecule has 0 radical (unpaired) electrons. The number of hydrogen-bond acceptors (Lipinski definition) is 5. The number of thiazole rings is 1. The third kappa shape index (κ3) is 4.62. The van der Waals surface area contributed by atoms with Crippen LogP contribution in [0.1, 0.15) is 27.1 Å². The van der Waals surface area contributed by atoms with E-state index in [4.69, 9.17) is 5.73 Å². The van der Waals surface area contributed by atoms with E-state index in [1.807, 2.05) is 44.4 Å². The number of nitrogens with zero attached hydrogens (tertiary/aromatic N) is 2. The quantitative estimate of drug-likeness (QED) is 0.815. The summed E-state index contributed by atoms with van der Waals surface area (Å²) in [5.74, 6) is -0.143. The summed E-state index contributed by atoms with van der Waals surface area (Å²) >= 11 is 1.48. The van der Waals surface area contributed by atoms with Gasteiger partial charge in [-0.15, -0.1) is 11.3 Å². The van der Waals surface area contributed by atoms with Crippen molar-refractivity contribution < 1.29 is 4.79 Å². The lowest BCUT2D eigenvalue weighted by Gasteiger charge is -2.22. The highest BCUT2D eigenvalue weighted by Gasteiger charge is 2.18. The average molecular weight is 318 g/mol. The first-order valence-electron chi connectivity index (χ1n) is 7.25. The molecule has 0 spiro atoms. The SMILES string of the molecule is CN(C)CC(NC(=O)c1csc(CCN)n1)c1ccccc1. The Balaban J connectivity index is 2.10. The summed E-state index contributed by atoms with van der Waals surface area (Å²) in [5, 5.41) is 5.76. The van der Waals surface area contributed by atoms with E-state index in [1.54, 1.807) is 5.38 Å². The highest BCUT2D eigenvalue weighted by molar-refractivity contribution is 7.09. The molecule has 22 heavy (non-hydrogen) atoms. The number of carbonyl (C=O) groups excluding carboxylic acids is 1. The van der Waals surface area contributed by atoms with E-state index < -0.39 is 0 Å². The zero-order chi connectivity index (χ0) is 15.9. The second kappa shape index (κ2) is 8.03. The van der Waals surface area contributed by atoms with Crippen molar-refractivity contribution in [3.8, 4) is 0 Å². The number of aromatic nitrogens is 1. The van der Waals surface area contributed by atoms with E-state index in [9.17, 15) is 4.79 Å². The number of hydrogen-bond donors (Lipinski definition) is 2. The van der Waals surface area contributed by atoms with Crippen LogP contribution in [0.25, 0.3) is 0 Å². The minimum Gasteiger partial charge on any atom is -0.343 e. The van der Waals surface area contributed by atoms with E-state index in [0.717, 1.165) is 17.1 Å². The minimum absolute atomic E-state index is 0.0663. The smallest absolute Gasteiger partial charge is 0.271 e. The van der Waals surface area contributed by atoms with E-state index in [-0.39, 0.29) is 11.9 Å². The Morgan fingerprint density at radius 2 is 2.09 bits per heavy atom. The third-order valence-electron chi connectivity index (χ3n) is 3.20. The fourth-order valence-corrected chi connectivity index (χ4v) is 2.96. The van der Waals surface area contributed by atoms with Crippen molar-refractivity contribution in [3.05, 3.63) is 52.0 Å². The number of amides is 1. The van der Waals surface area contributed by atoms with Crippen molar-refractivity contribution in [2.45, 2.75) is 12.5 Å². The summed E-state index contributed by atoms with van der Waals surface area (Å²) in [5.41, 5.74) is 7.07. The van der Waals surface area contributed by atoms with Crippen LogP contribution in [0.5, 0.6) is 0 Å². The zero-order valence-corrected chi connectivity index (χ0v) is 13.8. The summed E-state index contributed by atoms with van der Waals surface area (Å²) < 4.78 is 0. The Bertz CT molecular complexity index is 597. The Kier molecular flexibility index (Phi) is 6.06. The molecule has 0 aliphatic carbocycles. The third-order valence-corrected chi connectivity index (χ3v) is 4.11. The fraction of sp³-hybridized carbons (Fsp3) is 0.375. The summed E-state index contributed by atoms with van der Waals surface area (Å²) in [6.45, 7) is 1.28. The monoisotopic (exact) mass is 318 g/mol. The second-order valence-corrected chi connectivity index (χ2v) is 6.31. The van der Waals surface area contributed by atoms with Crippen LogP contribution >= 0.6 is 11.3 Å². The van der Waals surface area contributed by atoms with Crippen LogP contribution in [-0.2, 0) is 6.42 Å². The molecule has 2 rings (SSSR count). The van der Waals surface area contributed by atoms with Crippen molar-refractivity contribution in [1.29, 1.82) is 0 Å². The Labute approximate surface area is 135 Å². The van der Waals surface area contributed by atoms with Crippen LogP contribution in [0.4, 0.5) is 0 Å². The van der Waals surface area contributed by atoms with Gasteiger partial charge in [0.1, 0.15) is 5.69 Å². The molecule has 1 atom stereocenters. The van der Waals surface area contributed by atoms with Gasteiger partial charge < -0.3 is 16.0 Å². The molecule has 0 saturated carbocycles. The van der Waals surface area contributed by atoms with Crippen molar-refractivity contribution in [2.24, 2.45) is 5.73 Å². The fourth-order valence-electron chi connectivity index (χ4n) is 2.17. The molecule has 1 aromatic heterocycles. The molecule has 1 aromatic carbocycles. The average Bonchev–Trinajstić information content (AvgIpc) is 2.96. The lowest BCUT2D eigenvalue weighted by Crippen LogP contribution is -2.35. The van der Waals surface area contributed by atoms with Gasteiger partial charge in [-0.25, -0.2) is 4.98 Å². The first kappa shape index (κ1) is 16.6. The summed E-state index contributed by atoms with van der Waals surface area (Å²) in [7, 11) is 3.98. The Morgan fingerprint density at radius 1 is 1.36 bits per heavy atom. The molecule has 1 amide bonds. The molecule has 5 nitrogen and oxygen atoms in total. The molecule has 0 aliphatic rings. The Hall–Kier alpha value is -1.76. The lowest BCUT2D eigenvalue weighted by atomic mass is 10.1. The molecule has 6 heteroatoms. The van der Waals surface area contributed by atoms with Gasteiger partial charge in [-0.2, -0.15) is 0 Å². The standard InChI is InChI=1S/C16H22N4OS/c1-20(2)10-13(12-6-4-3-5-7-12)19-16(21)14-11-22-15(18-14)8-9-17/h3-7,11,13H,8-10,17H2,1-2H3,(H,19,21). The van der Waals surface area contributed by atoms with Gasteiger partial charge >= 0.3 is 0 Å². The van der Waals surface area contributed by atoms with Gasteiger partial charge in [0.15, 0.2) is 0 Å². The molecular weight excluding hydrogens is 296 g/mol. The van der Waals surface area contributed by atoms with E-state index in [2.05, 4.69) is 15.2 Å². The summed E-state index contributed by atoms with van der Waals surface area (Å²) in [6.07, 6.45) is 0.706. The first-order valence-corrected chi connectivity index (χ1v) is 8.13. The summed E-state index contributed by atoms with van der Waals surface area (Å²) in [4.78, 5) is 18.8. The predicted molar refractivity (Wildman–Crippen MR) is 90.1 cm³/mol. The minimum atomic E-state index is -0.143. The number of benzene rings is 1. The normalized spacial score (nSPS) is 12.4. The predicted octanol–water partition coefficient (Wildman–Crippen LogP) is 1.68. The van der Waals surface area contributed by atoms with Crippen LogP contribution < -0.4 is 11.1 Å². The molecule has 1 unspecified atom stereocenters. The number of carbonyl (C=O) groups is 1. The lowest BCUT2D eigenvalue weighted by molar-refractivity contribution is 0.0925. The van der Waals surface area contributed by atoms with Crippen molar-refractivity contribution in [3.63, 3.8) is 0 Å². The second-order valence-electron chi connectivity index (χ2n) is 5.36. The van der Waals surface area contributed by atoms with E-state index in [0.29, 0.717) is 18.7 Å². The van der Waals surface area contributed by atoms with Gasteiger partial charge in [0.2, 0.25) is 0 Å². The molecule has 118 valence electrons. The van der Waals surface area contributed by atoms with Crippen LogP contribution in [0.2, 0.25) is 0 Å². The maximum absolute atomic E-state index is 12.4. The molecular formula is C16H22N4OS. The Morgan fingerprint density at radius 3 is 2.73 bits per heavy atom. The molecule has 2 aromatic rings. The highest BCUT2D eigenvalue weighted by atomic mass is 32.1. The molecule has 0 fully saturated rings. The molecule has 0 saturated heterocycles. The maximum Gasteiger partial charge on any atom is 0.271 e. The molecule has 0 aliphatic heterocycles. The summed E-state index contributed by atoms with van der Waals surface area (Å²) in [6, 6.07) is 9.91. The van der Waals surface area contributed by atoms with Gasteiger partial charge in [0, 0.05) is 18.3 Å². The van der Waals surface area contributed by atoms with Crippen molar-refractivity contribution in [1.82, 2.24) is 15.2 Å². The highest BCUT2D eigenvalue weighted by Crippen LogP contribution is 2.16. The number of nitrogens with two attached hydrogens (primary N) is 1. The van der Waals surface area contributed by atoms with Crippen LogP contribution in [-0.4, -0.2) is 43.0 Å². The van der Waals surface area contributed by atoms with Crippen LogP contribution in [0.15, 0.2) is 35.7 Å². The van der Waals surface area contributed by atoms with Gasteiger partial charge in [0.05, 0.1) is 11.0 Å². The van der Waals surface area contributed by atoms with E-state index >= 15 is 0 Å². The van der Waals surface area contributed by atoms with Crippen molar-refractivity contribution >= 4 is 17.2 Å². The van der Waals surface area contributed by atoms with Crippen LogP contribution in [0.3, 0.4) is 0 Å². The molecule has 1 heterocycles. The largest absolute Gasteiger partial charge is 0.343 e. The molecule has 0 bridgehead atoms. The zero-order valence-electron chi connectivity index (χ0n) is 13.0.